The molecule has 2 aromatic carbocycles. The quantitative estimate of drug-likeness (QED) is 0.248. The molecular formula is C27H21Cl2FN4O2S. The van der Waals surface area contributed by atoms with E-state index in [2.05, 4.69) is 15.0 Å². The zero-order chi connectivity index (χ0) is 25.3. The minimum absolute atomic E-state index is 0.106. The van der Waals surface area contributed by atoms with Gasteiger partial charge in [0.05, 0.1) is 39.1 Å². The Morgan fingerprint density at radius 3 is 2.73 bits per heavy atom. The Balaban J connectivity index is 1.09. The molecule has 3 atom stereocenters. The molecule has 188 valence electrons. The van der Waals surface area contributed by atoms with E-state index in [4.69, 9.17) is 37.7 Å². The van der Waals surface area contributed by atoms with E-state index in [1.54, 1.807) is 18.2 Å². The topological polar surface area (TPSA) is 75.2 Å². The van der Waals surface area contributed by atoms with Crippen molar-refractivity contribution in [1.29, 1.82) is 5.26 Å². The lowest BCUT2D eigenvalue weighted by Crippen LogP contribution is -2.38. The summed E-state index contributed by atoms with van der Waals surface area (Å²) in [6.07, 6.45) is 4.15. The molecule has 4 aromatic rings. The van der Waals surface area contributed by atoms with Crippen molar-refractivity contribution < 1.29 is 13.7 Å². The van der Waals surface area contributed by atoms with Gasteiger partial charge in [-0.05, 0) is 49.9 Å². The normalized spacial score (nSPS) is 22.8. The van der Waals surface area contributed by atoms with Crippen LogP contribution >= 0.6 is 34.5 Å². The van der Waals surface area contributed by atoms with Gasteiger partial charge < -0.3 is 14.2 Å². The van der Waals surface area contributed by atoms with E-state index in [1.807, 2.05) is 12.1 Å². The minimum atomic E-state index is -0.447. The van der Waals surface area contributed by atoms with Crippen molar-refractivity contribution >= 4 is 49.9 Å². The summed E-state index contributed by atoms with van der Waals surface area (Å²) in [6.45, 7) is 1.20. The number of piperidine rings is 1. The summed E-state index contributed by atoms with van der Waals surface area (Å²) < 4.78 is 27.4. The molecule has 2 bridgehead atoms. The molecule has 10 heteroatoms. The van der Waals surface area contributed by atoms with Gasteiger partial charge in [-0.25, -0.2) is 9.37 Å². The van der Waals surface area contributed by atoms with Gasteiger partial charge in [-0.15, -0.1) is 0 Å². The third-order valence-corrected chi connectivity index (χ3v) is 9.37. The van der Waals surface area contributed by atoms with Gasteiger partial charge >= 0.3 is 0 Å². The van der Waals surface area contributed by atoms with Crippen LogP contribution in [-0.4, -0.2) is 28.8 Å². The van der Waals surface area contributed by atoms with Crippen LogP contribution in [0.2, 0.25) is 10.0 Å². The van der Waals surface area contributed by atoms with Crippen LogP contribution in [0, 0.1) is 23.1 Å². The van der Waals surface area contributed by atoms with Crippen molar-refractivity contribution in [1.82, 2.24) is 10.1 Å². The highest BCUT2D eigenvalue weighted by Gasteiger charge is 2.46. The Hall–Kier alpha value is -2.70. The summed E-state index contributed by atoms with van der Waals surface area (Å²) in [5.41, 5.74) is 2.93. The molecule has 3 heterocycles. The molecule has 2 saturated carbocycles. The molecule has 0 N–H and O–H groups in total. The molecule has 0 radical (unpaired) electrons. The number of thiazole rings is 1. The van der Waals surface area contributed by atoms with Gasteiger partial charge in [-0.1, -0.05) is 45.8 Å². The summed E-state index contributed by atoms with van der Waals surface area (Å²) in [4.78, 5) is 6.84. The highest BCUT2D eigenvalue weighted by Crippen LogP contribution is 2.48. The van der Waals surface area contributed by atoms with Crippen molar-refractivity contribution in [3.8, 4) is 17.3 Å². The van der Waals surface area contributed by atoms with E-state index in [-0.39, 0.29) is 12.1 Å². The number of benzene rings is 2. The molecule has 7 rings (SSSR count). The largest absolute Gasteiger partial charge is 0.373 e. The first kappa shape index (κ1) is 23.4. The Kier molecular flexibility index (Phi) is 5.67. The third kappa shape index (κ3) is 4.00. The third-order valence-electron chi connectivity index (χ3n) is 7.70. The fraction of sp³-hybridized carbons (Fsp3) is 0.370. The summed E-state index contributed by atoms with van der Waals surface area (Å²) in [6, 6.07) is 10.7. The first-order valence-electron chi connectivity index (χ1n) is 12.3. The second-order valence-electron chi connectivity index (χ2n) is 10.0. The number of hydrogen-bond acceptors (Lipinski definition) is 7. The first-order valence-corrected chi connectivity index (χ1v) is 13.9. The number of nitriles is 1. The maximum absolute atomic E-state index is 14.4. The van der Waals surface area contributed by atoms with Crippen molar-refractivity contribution in [3.63, 3.8) is 0 Å². The zero-order valence-electron chi connectivity index (χ0n) is 19.6. The van der Waals surface area contributed by atoms with Gasteiger partial charge in [-0.2, -0.15) is 5.26 Å². The Labute approximate surface area is 226 Å². The van der Waals surface area contributed by atoms with E-state index >= 15 is 0 Å². The number of hydrogen-bond donors (Lipinski definition) is 0. The highest BCUT2D eigenvalue weighted by atomic mass is 35.5. The molecule has 2 aliphatic carbocycles. The van der Waals surface area contributed by atoms with Crippen LogP contribution in [-0.2, 0) is 11.3 Å². The lowest BCUT2D eigenvalue weighted by Gasteiger charge is -2.31. The number of aromatic nitrogens is 2. The number of rotatable bonds is 6. The molecule has 0 unspecified atom stereocenters. The second kappa shape index (κ2) is 8.95. The van der Waals surface area contributed by atoms with E-state index in [0.717, 1.165) is 48.7 Å². The summed E-state index contributed by atoms with van der Waals surface area (Å²) >= 11 is 14.4. The molecule has 1 aliphatic heterocycles. The average Bonchev–Trinajstić information content (AvgIpc) is 3.22. The van der Waals surface area contributed by atoms with E-state index in [1.165, 1.54) is 17.4 Å². The molecule has 37 heavy (non-hydrogen) atoms. The van der Waals surface area contributed by atoms with Gasteiger partial charge in [0.2, 0.25) is 0 Å². The van der Waals surface area contributed by atoms with Crippen LogP contribution in [0.4, 0.5) is 9.52 Å². The van der Waals surface area contributed by atoms with E-state index < -0.39 is 5.82 Å². The molecular weight excluding hydrogens is 534 g/mol. The van der Waals surface area contributed by atoms with Gasteiger partial charge in [0.25, 0.3) is 0 Å². The van der Waals surface area contributed by atoms with Crippen LogP contribution in [0.25, 0.3) is 21.5 Å². The lowest BCUT2D eigenvalue weighted by molar-refractivity contribution is 0.0122. The maximum Gasteiger partial charge on any atom is 0.186 e. The number of fused-ring (bicyclic) bond motifs is 3. The number of anilines is 1. The fourth-order valence-corrected chi connectivity index (χ4v) is 7.42. The summed E-state index contributed by atoms with van der Waals surface area (Å²) in [5.74, 6) is 1.16. The van der Waals surface area contributed by atoms with E-state index in [9.17, 15) is 4.39 Å². The van der Waals surface area contributed by atoms with Crippen LogP contribution in [0.1, 0.15) is 48.5 Å². The Bertz CT molecular complexity index is 1560. The molecule has 0 amide bonds. The molecule has 6 nitrogen and oxygen atoms in total. The summed E-state index contributed by atoms with van der Waals surface area (Å²) in [5, 5.41) is 15.4. The second-order valence-corrected chi connectivity index (χ2v) is 11.9. The van der Waals surface area contributed by atoms with Gasteiger partial charge in [0.15, 0.2) is 10.9 Å². The SMILES string of the molecule is N#Cc1cc(F)c2nc(N3C[C@@H]4C[C@H]3C[C@H]4OCc3c(-c4c(Cl)cccc4Cl)noc3C3CC3)sc2c1. The maximum atomic E-state index is 14.4. The monoisotopic (exact) mass is 554 g/mol. The van der Waals surface area contributed by atoms with Crippen LogP contribution in [0.15, 0.2) is 34.9 Å². The van der Waals surface area contributed by atoms with Crippen LogP contribution in [0.3, 0.4) is 0 Å². The van der Waals surface area contributed by atoms with Gasteiger partial charge in [0.1, 0.15) is 17.0 Å². The van der Waals surface area contributed by atoms with Gasteiger partial charge in [0, 0.05) is 35.5 Å². The molecule has 3 fully saturated rings. The van der Waals surface area contributed by atoms with Crippen LogP contribution in [0.5, 0.6) is 0 Å². The standard InChI is InChI=1S/C27H21Cl2FN4O2S/c28-18-2-1-3-19(29)23(18)24-17(26(36-33-24)14-4-5-14)12-35-21-9-16-8-15(21)11-34(16)27-32-25-20(30)6-13(10-31)7-22(25)37-27/h1-3,6-7,14-16,21H,4-5,8-9,11-12H2/t15-,16-,21+/m0/s1. The minimum Gasteiger partial charge on any atom is -0.373 e. The number of ether oxygens (including phenoxy) is 1. The lowest BCUT2D eigenvalue weighted by atomic mass is 10.0. The number of halogens is 3. The fourth-order valence-electron chi connectivity index (χ4n) is 5.75. The smallest absolute Gasteiger partial charge is 0.186 e. The average molecular weight is 555 g/mol. The summed E-state index contributed by atoms with van der Waals surface area (Å²) in [7, 11) is 0. The van der Waals surface area contributed by atoms with Gasteiger partial charge in [-0.3, -0.25) is 0 Å². The molecule has 1 saturated heterocycles. The Morgan fingerprint density at radius 2 is 2.03 bits per heavy atom. The predicted molar refractivity (Wildman–Crippen MR) is 141 cm³/mol. The first-order chi connectivity index (χ1) is 18.0. The van der Waals surface area contributed by atoms with Crippen LogP contribution < -0.4 is 4.90 Å². The molecule has 3 aliphatic rings. The van der Waals surface area contributed by atoms with Crippen molar-refractivity contribution in [2.24, 2.45) is 5.92 Å². The van der Waals surface area contributed by atoms with E-state index in [0.29, 0.717) is 55.5 Å². The number of nitrogens with zero attached hydrogens (tertiary/aromatic N) is 4. The van der Waals surface area contributed by atoms with Crippen molar-refractivity contribution in [2.45, 2.75) is 50.4 Å². The Morgan fingerprint density at radius 1 is 1.22 bits per heavy atom. The highest BCUT2D eigenvalue weighted by molar-refractivity contribution is 7.22. The molecule has 2 aromatic heterocycles. The van der Waals surface area contributed by atoms with Crippen molar-refractivity contribution in [3.05, 3.63) is 63.1 Å². The molecule has 0 spiro atoms. The van der Waals surface area contributed by atoms with Crippen molar-refractivity contribution in [2.75, 3.05) is 11.4 Å². The zero-order valence-corrected chi connectivity index (χ0v) is 21.9. The predicted octanol–water partition coefficient (Wildman–Crippen LogP) is 7.33.